The number of pyridine rings is 1. The zero-order valence-corrected chi connectivity index (χ0v) is 11.4. The number of nitrogens with zero attached hydrogens (tertiary/aromatic N) is 2. The molecule has 0 aromatic carbocycles. The number of hydrogen-bond acceptors (Lipinski definition) is 3. The first-order valence-electron chi connectivity index (χ1n) is 6.66. The average molecular weight is 235 g/mol. The standard InChI is InChI=1S/C14H25N3/c1-4-6-8-17(9-7-5-2)14-13(15)10-12(3)11-16-14/h10-11H,4-9,15H2,1-3H3. The summed E-state index contributed by atoms with van der Waals surface area (Å²) in [6, 6.07) is 2.01. The highest BCUT2D eigenvalue weighted by Crippen LogP contribution is 2.21. The zero-order chi connectivity index (χ0) is 12.7. The zero-order valence-electron chi connectivity index (χ0n) is 11.4. The summed E-state index contributed by atoms with van der Waals surface area (Å²) in [6.07, 6.45) is 6.69. The van der Waals surface area contributed by atoms with Crippen LogP contribution in [0.15, 0.2) is 12.3 Å². The lowest BCUT2D eigenvalue weighted by Gasteiger charge is -2.24. The minimum Gasteiger partial charge on any atom is -0.396 e. The Morgan fingerprint density at radius 2 is 1.76 bits per heavy atom. The lowest BCUT2D eigenvalue weighted by atomic mass is 10.2. The molecule has 2 N–H and O–H groups in total. The van der Waals surface area contributed by atoms with Crippen LogP contribution in [0.2, 0.25) is 0 Å². The molecule has 96 valence electrons. The summed E-state index contributed by atoms with van der Waals surface area (Å²) in [7, 11) is 0. The molecule has 17 heavy (non-hydrogen) atoms. The Kier molecular flexibility index (Phi) is 5.81. The molecule has 0 amide bonds. The Morgan fingerprint density at radius 3 is 2.24 bits per heavy atom. The summed E-state index contributed by atoms with van der Waals surface area (Å²) in [5.41, 5.74) is 7.99. The molecular formula is C14H25N3. The van der Waals surface area contributed by atoms with Gasteiger partial charge < -0.3 is 10.6 Å². The van der Waals surface area contributed by atoms with Crippen molar-refractivity contribution in [1.82, 2.24) is 4.98 Å². The molecule has 0 spiro atoms. The SMILES string of the molecule is CCCCN(CCCC)c1ncc(C)cc1N. The van der Waals surface area contributed by atoms with E-state index in [-0.39, 0.29) is 0 Å². The van der Waals surface area contributed by atoms with Gasteiger partial charge in [-0.05, 0) is 31.4 Å². The van der Waals surface area contributed by atoms with Crippen LogP contribution in [0.5, 0.6) is 0 Å². The molecule has 0 atom stereocenters. The third-order valence-corrected chi connectivity index (χ3v) is 2.89. The first-order valence-corrected chi connectivity index (χ1v) is 6.66. The number of aryl methyl sites for hydroxylation is 1. The third-order valence-electron chi connectivity index (χ3n) is 2.89. The Bertz CT molecular complexity index is 328. The van der Waals surface area contributed by atoms with Crippen molar-refractivity contribution in [3.8, 4) is 0 Å². The van der Waals surface area contributed by atoms with Crippen LogP contribution in [0.1, 0.15) is 45.1 Å². The van der Waals surface area contributed by atoms with E-state index in [4.69, 9.17) is 5.73 Å². The van der Waals surface area contributed by atoms with Gasteiger partial charge in [0.1, 0.15) is 0 Å². The van der Waals surface area contributed by atoms with Gasteiger partial charge in [-0.3, -0.25) is 0 Å². The second-order valence-corrected chi connectivity index (χ2v) is 4.62. The summed E-state index contributed by atoms with van der Waals surface area (Å²) in [5.74, 6) is 0.956. The molecular weight excluding hydrogens is 210 g/mol. The number of nitrogens with two attached hydrogens (primary N) is 1. The maximum Gasteiger partial charge on any atom is 0.151 e. The summed E-state index contributed by atoms with van der Waals surface area (Å²) >= 11 is 0. The van der Waals surface area contributed by atoms with Gasteiger partial charge in [-0.1, -0.05) is 26.7 Å². The molecule has 0 aliphatic carbocycles. The maximum atomic E-state index is 6.06. The molecule has 0 saturated carbocycles. The van der Waals surface area contributed by atoms with Crippen molar-refractivity contribution < 1.29 is 0 Å². The summed E-state index contributed by atoms with van der Waals surface area (Å²) in [6.45, 7) is 8.55. The Hall–Kier alpha value is -1.25. The van der Waals surface area contributed by atoms with Gasteiger partial charge in [0.05, 0.1) is 5.69 Å². The van der Waals surface area contributed by atoms with Gasteiger partial charge in [0.2, 0.25) is 0 Å². The second-order valence-electron chi connectivity index (χ2n) is 4.62. The minimum absolute atomic E-state index is 0.803. The first kappa shape index (κ1) is 13.8. The van der Waals surface area contributed by atoms with Crippen LogP contribution in [0.3, 0.4) is 0 Å². The van der Waals surface area contributed by atoms with E-state index in [9.17, 15) is 0 Å². The van der Waals surface area contributed by atoms with E-state index >= 15 is 0 Å². The number of unbranched alkanes of at least 4 members (excludes halogenated alkanes) is 2. The number of hydrogen-bond donors (Lipinski definition) is 1. The van der Waals surface area contributed by atoms with Crippen molar-refractivity contribution in [2.75, 3.05) is 23.7 Å². The number of aromatic nitrogens is 1. The van der Waals surface area contributed by atoms with Gasteiger partial charge in [-0.25, -0.2) is 4.98 Å². The van der Waals surface area contributed by atoms with E-state index in [1.165, 1.54) is 25.7 Å². The molecule has 0 aliphatic rings. The Balaban J connectivity index is 2.79. The number of rotatable bonds is 7. The van der Waals surface area contributed by atoms with Crippen LogP contribution in [0.4, 0.5) is 11.5 Å². The quantitative estimate of drug-likeness (QED) is 0.787. The van der Waals surface area contributed by atoms with Crippen LogP contribution in [0.25, 0.3) is 0 Å². The number of anilines is 2. The fraction of sp³-hybridized carbons (Fsp3) is 0.643. The molecule has 3 nitrogen and oxygen atoms in total. The van der Waals surface area contributed by atoms with Gasteiger partial charge in [-0.2, -0.15) is 0 Å². The van der Waals surface area contributed by atoms with Gasteiger partial charge in [0.25, 0.3) is 0 Å². The van der Waals surface area contributed by atoms with Crippen LogP contribution < -0.4 is 10.6 Å². The van der Waals surface area contributed by atoms with Crippen molar-refractivity contribution in [1.29, 1.82) is 0 Å². The monoisotopic (exact) mass is 235 g/mol. The van der Waals surface area contributed by atoms with Crippen molar-refractivity contribution >= 4 is 11.5 Å². The molecule has 1 aromatic heterocycles. The average Bonchev–Trinajstić information content (AvgIpc) is 2.30. The van der Waals surface area contributed by atoms with Crippen molar-refractivity contribution in [2.24, 2.45) is 0 Å². The molecule has 0 fully saturated rings. The Morgan fingerprint density at radius 1 is 1.18 bits per heavy atom. The van der Waals surface area contributed by atoms with Gasteiger partial charge in [-0.15, -0.1) is 0 Å². The fourth-order valence-corrected chi connectivity index (χ4v) is 1.87. The lowest BCUT2D eigenvalue weighted by Crippen LogP contribution is -2.27. The molecule has 0 radical (unpaired) electrons. The highest BCUT2D eigenvalue weighted by molar-refractivity contribution is 5.63. The third kappa shape index (κ3) is 4.25. The predicted octanol–water partition coefficient (Wildman–Crippen LogP) is 3.38. The highest BCUT2D eigenvalue weighted by Gasteiger charge is 2.10. The number of nitrogen functional groups attached to an aromatic ring is 1. The van der Waals surface area contributed by atoms with Crippen molar-refractivity contribution in [2.45, 2.75) is 46.5 Å². The molecule has 1 heterocycles. The predicted molar refractivity (Wildman–Crippen MR) is 75.4 cm³/mol. The van der Waals surface area contributed by atoms with E-state index in [0.29, 0.717) is 0 Å². The maximum absolute atomic E-state index is 6.06. The summed E-state index contributed by atoms with van der Waals surface area (Å²) in [4.78, 5) is 6.81. The van der Waals surface area contributed by atoms with E-state index in [2.05, 4.69) is 23.7 Å². The highest BCUT2D eigenvalue weighted by atomic mass is 15.2. The summed E-state index contributed by atoms with van der Waals surface area (Å²) < 4.78 is 0. The molecule has 0 unspecified atom stereocenters. The van der Waals surface area contributed by atoms with Crippen molar-refractivity contribution in [3.05, 3.63) is 17.8 Å². The molecule has 0 aliphatic heterocycles. The second kappa shape index (κ2) is 7.15. The molecule has 1 aromatic rings. The normalized spacial score (nSPS) is 10.5. The smallest absolute Gasteiger partial charge is 0.151 e. The van der Waals surface area contributed by atoms with Crippen molar-refractivity contribution in [3.63, 3.8) is 0 Å². The lowest BCUT2D eigenvalue weighted by molar-refractivity contribution is 0.672. The van der Waals surface area contributed by atoms with Crippen LogP contribution in [-0.4, -0.2) is 18.1 Å². The fourth-order valence-electron chi connectivity index (χ4n) is 1.87. The molecule has 0 saturated heterocycles. The minimum atomic E-state index is 0.803. The van der Waals surface area contributed by atoms with Crippen LogP contribution in [0, 0.1) is 6.92 Å². The van der Waals surface area contributed by atoms with Gasteiger partial charge >= 0.3 is 0 Å². The van der Waals surface area contributed by atoms with E-state index in [1.807, 2.05) is 19.2 Å². The van der Waals surface area contributed by atoms with Crippen LogP contribution >= 0.6 is 0 Å². The summed E-state index contributed by atoms with van der Waals surface area (Å²) in [5, 5.41) is 0. The molecule has 3 heteroatoms. The van der Waals surface area contributed by atoms with E-state index in [0.717, 1.165) is 30.2 Å². The molecule has 0 bridgehead atoms. The van der Waals surface area contributed by atoms with Crippen LogP contribution in [-0.2, 0) is 0 Å². The molecule has 1 rings (SSSR count). The van der Waals surface area contributed by atoms with E-state index < -0.39 is 0 Å². The Labute approximate surface area is 105 Å². The van der Waals surface area contributed by atoms with E-state index in [1.54, 1.807) is 0 Å². The van der Waals surface area contributed by atoms with Gasteiger partial charge in [0, 0.05) is 19.3 Å². The van der Waals surface area contributed by atoms with Gasteiger partial charge in [0.15, 0.2) is 5.82 Å². The first-order chi connectivity index (χ1) is 8.19. The topological polar surface area (TPSA) is 42.2 Å². The largest absolute Gasteiger partial charge is 0.396 e.